The van der Waals surface area contributed by atoms with Gasteiger partial charge in [-0.2, -0.15) is 0 Å². The van der Waals surface area contributed by atoms with E-state index in [1.54, 1.807) is 12.1 Å². The lowest BCUT2D eigenvalue weighted by Gasteiger charge is -2.34. The van der Waals surface area contributed by atoms with Crippen LogP contribution in [0.4, 0.5) is 4.39 Å². The van der Waals surface area contributed by atoms with Crippen molar-refractivity contribution in [3.05, 3.63) is 65.5 Å². The smallest absolute Gasteiger partial charge is 0.237 e. The first-order valence-corrected chi connectivity index (χ1v) is 9.21. The molecule has 1 atom stereocenters. The molecular weight excluding hydrogens is 361 g/mol. The molecule has 3 rings (SSSR count). The number of amides is 2. The molecule has 0 aromatic heterocycles. The first kappa shape index (κ1) is 19.8. The number of nitrogens with zero attached hydrogens (tertiary/aromatic N) is 1. The van der Waals surface area contributed by atoms with Gasteiger partial charge in [0.05, 0.1) is 19.6 Å². The van der Waals surface area contributed by atoms with E-state index in [0.29, 0.717) is 30.9 Å². The summed E-state index contributed by atoms with van der Waals surface area (Å²) in [5, 5.41) is 5.63. The second kappa shape index (κ2) is 9.32. The number of piperazine rings is 1. The molecule has 28 heavy (non-hydrogen) atoms. The Bertz CT molecular complexity index is 829. The zero-order chi connectivity index (χ0) is 19.9. The van der Waals surface area contributed by atoms with Crippen LogP contribution in [0.2, 0.25) is 0 Å². The van der Waals surface area contributed by atoms with Gasteiger partial charge in [-0.25, -0.2) is 4.39 Å². The van der Waals surface area contributed by atoms with Crippen molar-refractivity contribution in [3.8, 4) is 5.75 Å². The molecule has 1 aliphatic heterocycles. The molecule has 0 spiro atoms. The number of methoxy groups -OCH3 is 1. The number of carbonyl (C=O) groups excluding carboxylic acids is 2. The molecule has 1 saturated heterocycles. The van der Waals surface area contributed by atoms with Crippen molar-refractivity contribution in [1.29, 1.82) is 0 Å². The van der Waals surface area contributed by atoms with Gasteiger partial charge >= 0.3 is 0 Å². The molecule has 2 amide bonds. The molecule has 0 bridgehead atoms. The molecule has 7 heteroatoms. The molecule has 148 valence electrons. The van der Waals surface area contributed by atoms with E-state index in [1.807, 2.05) is 35.2 Å². The van der Waals surface area contributed by atoms with E-state index >= 15 is 0 Å². The fourth-order valence-electron chi connectivity index (χ4n) is 3.22. The monoisotopic (exact) mass is 385 g/mol. The predicted octanol–water partition coefficient (Wildman–Crippen LogP) is 1.84. The number of hydrogen-bond donors (Lipinski definition) is 2. The first-order chi connectivity index (χ1) is 13.6. The maximum atomic E-state index is 14.3. The average molecular weight is 385 g/mol. The summed E-state index contributed by atoms with van der Waals surface area (Å²) in [6.07, 6.45) is 0.0242. The highest BCUT2D eigenvalue weighted by molar-refractivity contribution is 5.88. The van der Waals surface area contributed by atoms with Crippen LogP contribution in [0.3, 0.4) is 0 Å². The Morgan fingerprint density at radius 3 is 2.79 bits per heavy atom. The zero-order valence-electron chi connectivity index (χ0n) is 15.8. The van der Waals surface area contributed by atoms with E-state index < -0.39 is 11.9 Å². The Balaban J connectivity index is 1.63. The Labute approximate surface area is 163 Å². The van der Waals surface area contributed by atoms with E-state index in [0.717, 1.165) is 5.56 Å². The van der Waals surface area contributed by atoms with Gasteiger partial charge < -0.3 is 15.4 Å². The Kier molecular flexibility index (Phi) is 6.60. The highest BCUT2D eigenvalue weighted by Gasteiger charge is 2.32. The van der Waals surface area contributed by atoms with Crippen LogP contribution in [-0.4, -0.2) is 43.0 Å². The first-order valence-electron chi connectivity index (χ1n) is 9.21. The Hall–Kier alpha value is -2.93. The van der Waals surface area contributed by atoms with Gasteiger partial charge in [-0.1, -0.05) is 36.4 Å². The molecular formula is C21H24FN3O3. The normalized spacial score (nSPS) is 17.1. The van der Waals surface area contributed by atoms with Crippen molar-refractivity contribution in [3.63, 3.8) is 0 Å². The summed E-state index contributed by atoms with van der Waals surface area (Å²) in [4.78, 5) is 26.6. The lowest BCUT2D eigenvalue weighted by atomic mass is 10.1. The SMILES string of the molecule is COc1ccc(CN2CCNC(=O)[C@@H]2CC(=O)NCc2ccccc2)c(F)c1. The van der Waals surface area contributed by atoms with Crippen LogP contribution in [-0.2, 0) is 22.7 Å². The number of rotatable bonds is 7. The summed E-state index contributed by atoms with van der Waals surface area (Å²) in [7, 11) is 1.48. The van der Waals surface area contributed by atoms with Crippen molar-refractivity contribution in [1.82, 2.24) is 15.5 Å². The van der Waals surface area contributed by atoms with E-state index in [4.69, 9.17) is 4.74 Å². The van der Waals surface area contributed by atoms with Crippen LogP contribution in [0.1, 0.15) is 17.5 Å². The number of hydrogen-bond acceptors (Lipinski definition) is 4. The van der Waals surface area contributed by atoms with Gasteiger partial charge in [0.25, 0.3) is 0 Å². The van der Waals surface area contributed by atoms with Gasteiger partial charge in [0, 0.05) is 37.8 Å². The van der Waals surface area contributed by atoms with Gasteiger partial charge in [-0.3, -0.25) is 14.5 Å². The van der Waals surface area contributed by atoms with E-state index in [-0.39, 0.29) is 24.8 Å². The molecule has 1 heterocycles. The lowest BCUT2D eigenvalue weighted by molar-refractivity contribution is -0.134. The third-order valence-electron chi connectivity index (χ3n) is 4.79. The summed E-state index contributed by atoms with van der Waals surface area (Å²) < 4.78 is 19.3. The van der Waals surface area contributed by atoms with Crippen LogP contribution in [0, 0.1) is 5.82 Å². The molecule has 6 nitrogen and oxygen atoms in total. The summed E-state index contributed by atoms with van der Waals surface area (Å²) >= 11 is 0. The van der Waals surface area contributed by atoms with Crippen molar-refractivity contribution in [2.75, 3.05) is 20.2 Å². The van der Waals surface area contributed by atoms with Crippen LogP contribution < -0.4 is 15.4 Å². The number of carbonyl (C=O) groups is 2. The molecule has 1 aliphatic rings. The number of nitrogens with one attached hydrogen (secondary N) is 2. The van der Waals surface area contributed by atoms with Crippen LogP contribution >= 0.6 is 0 Å². The molecule has 0 radical (unpaired) electrons. The van der Waals surface area contributed by atoms with Gasteiger partial charge in [0.15, 0.2) is 0 Å². The molecule has 1 fully saturated rings. The average Bonchev–Trinajstić information content (AvgIpc) is 2.71. The van der Waals surface area contributed by atoms with E-state index in [9.17, 15) is 14.0 Å². The zero-order valence-corrected chi connectivity index (χ0v) is 15.8. The Morgan fingerprint density at radius 1 is 1.29 bits per heavy atom. The summed E-state index contributed by atoms with van der Waals surface area (Å²) in [5.74, 6) is -0.381. The van der Waals surface area contributed by atoms with Crippen molar-refractivity contribution < 1.29 is 18.7 Å². The number of halogens is 1. The molecule has 2 aromatic carbocycles. The second-order valence-electron chi connectivity index (χ2n) is 6.70. The quantitative estimate of drug-likeness (QED) is 0.763. The van der Waals surface area contributed by atoms with Gasteiger partial charge in [0.1, 0.15) is 11.6 Å². The summed E-state index contributed by atoms with van der Waals surface area (Å²) in [6, 6.07) is 13.6. The summed E-state index contributed by atoms with van der Waals surface area (Å²) in [5.41, 5.74) is 1.45. The highest BCUT2D eigenvalue weighted by Crippen LogP contribution is 2.20. The molecule has 2 aromatic rings. The minimum atomic E-state index is -0.633. The number of benzene rings is 2. The topological polar surface area (TPSA) is 70.7 Å². The second-order valence-corrected chi connectivity index (χ2v) is 6.70. The fourth-order valence-corrected chi connectivity index (χ4v) is 3.22. The highest BCUT2D eigenvalue weighted by atomic mass is 19.1. The van der Waals surface area contributed by atoms with E-state index in [1.165, 1.54) is 13.2 Å². The van der Waals surface area contributed by atoms with Crippen molar-refractivity contribution >= 4 is 11.8 Å². The lowest BCUT2D eigenvalue weighted by Crippen LogP contribution is -2.56. The Morgan fingerprint density at radius 2 is 2.07 bits per heavy atom. The summed E-state index contributed by atoms with van der Waals surface area (Å²) in [6.45, 7) is 1.67. The third-order valence-corrected chi connectivity index (χ3v) is 4.79. The van der Waals surface area contributed by atoms with Gasteiger partial charge in [-0.05, 0) is 11.6 Å². The maximum absolute atomic E-state index is 14.3. The van der Waals surface area contributed by atoms with Crippen molar-refractivity contribution in [2.45, 2.75) is 25.6 Å². The molecule has 2 N–H and O–H groups in total. The minimum Gasteiger partial charge on any atom is -0.497 e. The van der Waals surface area contributed by atoms with E-state index in [2.05, 4.69) is 10.6 Å². The number of ether oxygens (including phenoxy) is 1. The van der Waals surface area contributed by atoms with Crippen LogP contribution in [0.25, 0.3) is 0 Å². The maximum Gasteiger partial charge on any atom is 0.237 e. The predicted molar refractivity (Wildman–Crippen MR) is 103 cm³/mol. The van der Waals surface area contributed by atoms with Crippen LogP contribution in [0.5, 0.6) is 5.75 Å². The molecule has 0 saturated carbocycles. The van der Waals surface area contributed by atoms with Gasteiger partial charge in [0.2, 0.25) is 11.8 Å². The third kappa shape index (κ3) is 5.07. The minimum absolute atomic E-state index is 0.0242. The van der Waals surface area contributed by atoms with Crippen LogP contribution in [0.15, 0.2) is 48.5 Å². The van der Waals surface area contributed by atoms with Crippen molar-refractivity contribution in [2.24, 2.45) is 0 Å². The molecule has 0 aliphatic carbocycles. The fraction of sp³-hybridized carbons (Fsp3) is 0.333. The van der Waals surface area contributed by atoms with Gasteiger partial charge in [-0.15, -0.1) is 0 Å². The molecule has 0 unspecified atom stereocenters. The standard InChI is InChI=1S/C21H24FN3O3/c1-28-17-8-7-16(18(22)11-17)14-25-10-9-23-21(27)19(25)12-20(26)24-13-15-5-3-2-4-6-15/h2-8,11,19H,9-10,12-14H2,1H3,(H,23,27)(H,24,26)/t19-/m0/s1. The largest absolute Gasteiger partial charge is 0.497 e.